The molecular weight excluding hydrogens is 379 g/mol. The molecule has 1 saturated heterocycles. The zero-order chi connectivity index (χ0) is 19.5. The number of likely N-dealkylation sites (N-methyl/N-ethyl adjacent to an activating group) is 1. The smallest absolute Gasteiger partial charge is 0.140 e. The summed E-state index contributed by atoms with van der Waals surface area (Å²) >= 11 is 1.50. The van der Waals surface area contributed by atoms with Crippen LogP contribution in [0.3, 0.4) is 0 Å². The van der Waals surface area contributed by atoms with Gasteiger partial charge in [0, 0.05) is 10.1 Å². The average Bonchev–Trinajstić information content (AvgIpc) is 2.90. The Morgan fingerprint density at radius 1 is 1.21 bits per heavy atom. The first-order chi connectivity index (χ1) is 13.4. The standard InChI is InChI=1S/C20H19FN4O2S/c1-25(27)8-6-24(7-9-25)19-18-14-4-3-13(26)11-17(14)28-20(18)23-16-10-12(21)2-5-15(16)22-19/h2-5,10-11,23,26H,6-9H2,1H3. The number of benzene rings is 2. The van der Waals surface area contributed by atoms with Crippen LogP contribution >= 0.6 is 11.3 Å². The number of nitrogens with one attached hydrogen (secondary N) is 1. The van der Waals surface area contributed by atoms with Crippen molar-refractivity contribution >= 4 is 43.6 Å². The number of hydroxylamine groups is 3. The number of rotatable bonds is 0. The normalized spacial score (nSPS) is 18.1. The zero-order valence-electron chi connectivity index (χ0n) is 15.3. The Morgan fingerprint density at radius 2 is 2.00 bits per heavy atom. The van der Waals surface area contributed by atoms with E-state index in [0.29, 0.717) is 37.6 Å². The Labute approximate surface area is 165 Å². The van der Waals surface area contributed by atoms with Crippen molar-refractivity contribution in [3.8, 4) is 5.75 Å². The molecule has 0 bridgehead atoms. The summed E-state index contributed by atoms with van der Waals surface area (Å²) in [5.41, 5.74) is 2.20. The van der Waals surface area contributed by atoms with Crippen LogP contribution in [-0.4, -0.2) is 53.7 Å². The second-order valence-electron chi connectivity index (χ2n) is 7.44. The molecule has 0 unspecified atom stereocenters. The fourth-order valence-corrected chi connectivity index (χ4v) is 4.87. The molecule has 8 heteroatoms. The summed E-state index contributed by atoms with van der Waals surface area (Å²) in [7, 11) is 1.69. The minimum absolute atomic E-state index is 0.200. The summed E-state index contributed by atoms with van der Waals surface area (Å²) in [5.74, 6) is 0.651. The number of fused-ring (bicyclic) bond motifs is 4. The average molecular weight is 398 g/mol. The van der Waals surface area contributed by atoms with E-state index in [1.165, 1.54) is 23.5 Å². The van der Waals surface area contributed by atoms with E-state index < -0.39 is 0 Å². The monoisotopic (exact) mass is 398 g/mol. The van der Waals surface area contributed by atoms with Gasteiger partial charge in [-0.1, -0.05) is 0 Å². The van der Waals surface area contributed by atoms with E-state index >= 15 is 0 Å². The van der Waals surface area contributed by atoms with Crippen LogP contribution in [0.25, 0.3) is 10.1 Å². The molecule has 0 radical (unpaired) electrons. The van der Waals surface area contributed by atoms with Crippen LogP contribution < -0.4 is 5.32 Å². The lowest BCUT2D eigenvalue weighted by molar-refractivity contribution is -0.864. The summed E-state index contributed by atoms with van der Waals surface area (Å²) in [6, 6.07) is 9.77. The Balaban J connectivity index is 1.70. The first-order valence-electron chi connectivity index (χ1n) is 9.11. The predicted molar refractivity (Wildman–Crippen MR) is 110 cm³/mol. The van der Waals surface area contributed by atoms with Crippen LogP contribution in [0.1, 0.15) is 5.56 Å². The number of halogens is 1. The highest BCUT2D eigenvalue weighted by Crippen LogP contribution is 2.44. The minimum Gasteiger partial charge on any atom is -0.633 e. The van der Waals surface area contributed by atoms with Gasteiger partial charge in [-0.3, -0.25) is 0 Å². The second-order valence-corrected chi connectivity index (χ2v) is 8.49. The highest BCUT2D eigenvalue weighted by molar-refractivity contribution is 7.23. The van der Waals surface area contributed by atoms with Gasteiger partial charge in [0.05, 0.1) is 50.2 Å². The summed E-state index contributed by atoms with van der Waals surface area (Å²) < 4.78 is 14.5. The molecule has 1 fully saturated rings. The van der Waals surface area contributed by atoms with Gasteiger partial charge in [-0.25, -0.2) is 9.38 Å². The largest absolute Gasteiger partial charge is 0.633 e. The zero-order valence-corrected chi connectivity index (χ0v) is 16.1. The van der Waals surface area contributed by atoms with Crippen molar-refractivity contribution in [3.63, 3.8) is 0 Å². The number of nitrogens with zero attached hydrogens (tertiary/aromatic N) is 3. The Bertz CT molecular complexity index is 1110. The SMILES string of the molecule is C[N+]1([O-])CCN(C2=Nc3ccc(F)cc3Nc3sc4cc(O)ccc4c32)CC1. The molecule has 3 heterocycles. The van der Waals surface area contributed by atoms with E-state index in [0.717, 1.165) is 26.5 Å². The van der Waals surface area contributed by atoms with Gasteiger partial charge in [0.2, 0.25) is 0 Å². The Hall–Kier alpha value is -2.68. The van der Waals surface area contributed by atoms with Crippen LogP contribution in [0, 0.1) is 11.0 Å². The number of anilines is 2. The number of phenols is 1. The molecule has 28 heavy (non-hydrogen) atoms. The lowest BCUT2D eigenvalue weighted by Crippen LogP contribution is -2.55. The third-order valence-corrected chi connectivity index (χ3v) is 6.38. The molecule has 0 spiro atoms. The molecule has 5 rings (SSSR count). The van der Waals surface area contributed by atoms with E-state index in [9.17, 15) is 14.7 Å². The van der Waals surface area contributed by atoms with E-state index in [-0.39, 0.29) is 16.2 Å². The van der Waals surface area contributed by atoms with E-state index in [1.54, 1.807) is 25.2 Å². The van der Waals surface area contributed by atoms with Gasteiger partial charge < -0.3 is 25.2 Å². The maximum atomic E-state index is 13.8. The van der Waals surface area contributed by atoms with Crippen molar-refractivity contribution in [1.82, 2.24) is 4.90 Å². The number of phenolic OH excluding ortho intramolecular Hbond substituents is 1. The highest BCUT2D eigenvalue weighted by atomic mass is 32.1. The quantitative estimate of drug-likeness (QED) is 0.441. The molecule has 6 nitrogen and oxygen atoms in total. The van der Waals surface area contributed by atoms with Gasteiger partial charge >= 0.3 is 0 Å². The fourth-order valence-electron chi connectivity index (χ4n) is 3.72. The van der Waals surface area contributed by atoms with Gasteiger partial charge in [-0.2, -0.15) is 0 Å². The van der Waals surface area contributed by atoms with Crippen LogP contribution in [0.15, 0.2) is 41.4 Å². The molecule has 0 aliphatic carbocycles. The summed E-state index contributed by atoms with van der Waals surface area (Å²) in [6.45, 7) is 2.18. The molecule has 3 aromatic rings. The summed E-state index contributed by atoms with van der Waals surface area (Å²) in [6.07, 6.45) is 0. The molecule has 2 aromatic carbocycles. The Morgan fingerprint density at radius 3 is 2.79 bits per heavy atom. The van der Waals surface area contributed by atoms with Gasteiger partial charge in [0.15, 0.2) is 0 Å². The number of hydrogen-bond donors (Lipinski definition) is 2. The predicted octanol–water partition coefficient (Wildman–Crippen LogP) is 4.14. The molecule has 2 N–H and O–H groups in total. The molecule has 0 atom stereocenters. The van der Waals surface area contributed by atoms with Gasteiger partial charge in [0.25, 0.3) is 0 Å². The van der Waals surface area contributed by atoms with Crippen LogP contribution in [-0.2, 0) is 0 Å². The number of amidine groups is 1. The van der Waals surface area contributed by atoms with Crippen molar-refractivity contribution in [2.24, 2.45) is 4.99 Å². The van der Waals surface area contributed by atoms with Gasteiger partial charge in [-0.15, -0.1) is 11.3 Å². The van der Waals surface area contributed by atoms with Crippen molar-refractivity contribution in [3.05, 3.63) is 53.0 Å². The first-order valence-corrected chi connectivity index (χ1v) is 9.93. The molecule has 0 saturated carbocycles. The highest BCUT2D eigenvalue weighted by Gasteiger charge is 2.30. The van der Waals surface area contributed by atoms with Gasteiger partial charge in [0.1, 0.15) is 22.4 Å². The van der Waals surface area contributed by atoms with Crippen LogP contribution in [0.5, 0.6) is 5.75 Å². The molecule has 2 aliphatic rings. The van der Waals surface area contributed by atoms with Crippen LogP contribution in [0.2, 0.25) is 0 Å². The molecule has 1 aromatic heterocycles. The number of aliphatic imine (C=N–C) groups is 1. The van der Waals surface area contributed by atoms with Crippen molar-refractivity contribution in [2.75, 3.05) is 38.5 Å². The van der Waals surface area contributed by atoms with Crippen molar-refractivity contribution < 1.29 is 14.1 Å². The fraction of sp³-hybridized carbons (Fsp3) is 0.250. The lowest BCUT2D eigenvalue weighted by atomic mass is 10.1. The number of quaternary nitrogens is 1. The third-order valence-electron chi connectivity index (χ3n) is 5.32. The van der Waals surface area contributed by atoms with Gasteiger partial charge in [-0.05, 0) is 36.4 Å². The van der Waals surface area contributed by atoms with E-state index in [2.05, 4.69) is 10.2 Å². The number of piperazine rings is 1. The Kier molecular flexibility index (Phi) is 3.84. The number of hydrogen-bond acceptors (Lipinski definition) is 6. The number of aromatic hydroxyl groups is 1. The minimum atomic E-state index is -0.331. The summed E-state index contributed by atoms with van der Waals surface area (Å²) in [4.78, 5) is 7.02. The maximum absolute atomic E-state index is 13.8. The van der Waals surface area contributed by atoms with E-state index in [4.69, 9.17) is 4.99 Å². The van der Waals surface area contributed by atoms with Crippen molar-refractivity contribution in [1.29, 1.82) is 0 Å². The summed E-state index contributed by atoms with van der Waals surface area (Å²) in [5, 5.41) is 27.3. The van der Waals surface area contributed by atoms with Crippen molar-refractivity contribution in [2.45, 2.75) is 0 Å². The second kappa shape index (κ2) is 6.16. The molecular formula is C20H19FN4O2S. The maximum Gasteiger partial charge on any atom is 0.140 e. The molecule has 144 valence electrons. The third kappa shape index (κ3) is 2.90. The molecule has 0 amide bonds. The molecule has 2 aliphatic heterocycles. The first kappa shape index (κ1) is 17.4. The number of thiophene rings is 1. The van der Waals surface area contributed by atoms with Crippen LogP contribution in [0.4, 0.5) is 20.8 Å². The topological polar surface area (TPSA) is 70.9 Å². The lowest BCUT2D eigenvalue weighted by Gasteiger charge is -2.45. The van der Waals surface area contributed by atoms with E-state index in [1.807, 2.05) is 6.07 Å².